The maximum Gasteiger partial charge on any atom is 0.135 e. The number of hydrogen-bond acceptors (Lipinski definition) is 4. The minimum absolute atomic E-state index is 0. The zero-order valence-electron chi connectivity index (χ0n) is 42.5. The minimum Gasteiger partial charge on any atom is -0.509 e. The summed E-state index contributed by atoms with van der Waals surface area (Å²) in [7, 11) is 2.01. The first-order valence-corrected chi connectivity index (χ1v) is 22.9. The van der Waals surface area contributed by atoms with Gasteiger partial charge in [-0.25, -0.2) is 4.98 Å². The molecule has 0 bridgehead atoms. The number of anilines is 3. The standard InChI is InChI=1S/C62H41N6O.Pt/c1-40-35-61(68-55-28-12-7-23-48(55)49-34-33-43(37-60(49)68)69-42-18-15-17-41(36-42)65-39-64(2)56-29-13-14-30-57(56)65)63-38-50(40)62-58(66-51-24-8-3-19-44(51)45-20-4-9-25-52(45)66)31-16-32-59(62)67-53-26-10-5-21-46(53)47-22-6-11-27-54(47)67;/h3-35,38-39H,1-2H3;/q-3;/i1D3,35D,38D;. The predicted molar refractivity (Wildman–Crippen MR) is 283 cm³/mol. The van der Waals surface area contributed by atoms with E-state index in [0.29, 0.717) is 39.5 Å². The number of fused-ring (bicyclic) bond motifs is 10. The van der Waals surface area contributed by atoms with Crippen molar-refractivity contribution in [3.05, 3.63) is 231 Å². The van der Waals surface area contributed by atoms with Gasteiger partial charge in [0.15, 0.2) is 0 Å². The van der Waals surface area contributed by atoms with E-state index in [1.54, 1.807) is 4.57 Å². The average molecular weight is 1090 g/mol. The third-order valence-electron chi connectivity index (χ3n) is 13.5. The van der Waals surface area contributed by atoms with E-state index < -0.39 is 6.85 Å². The summed E-state index contributed by atoms with van der Waals surface area (Å²) in [6.07, 6.45) is -0.298. The number of aromatic nitrogens is 4. The van der Waals surface area contributed by atoms with Crippen LogP contribution in [0.2, 0.25) is 0 Å². The minimum atomic E-state index is -2.90. The molecule has 0 spiro atoms. The molecule has 7 nitrogen and oxygen atoms in total. The second-order valence-corrected chi connectivity index (χ2v) is 17.4. The van der Waals surface area contributed by atoms with Gasteiger partial charge < -0.3 is 28.2 Å². The molecule has 70 heavy (non-hydrogen) atoms. The SMILES string of the molecule is [2H]c1nc(-n2c3[c-]c(Oc4[c-]c(N5[CH-]N(C)c6ccccc65)ccc4)ccc3c3ccccc32)c([2H])c(C([2H])([2H])[2H])c1-c1c(-n2c3ccccc3c3ccccc32)cccc1-n1c2ccccc2c2ccccc21.[Pt]. The molecular weight excluding hydrogens is 1040 g/mol. The number of pyridine rings is 1. The molecule has 5 heterocycles. The molecule has 0 radical (unpaired) electrons. The zero-order valence-corrected chi connectivity index (χ0v) is 39.7. The molecule has 338 valence electrons. The molecule has 0 saturated heterocycles. The molecule has 14 rings (SSSR count). The van der Waals surface area contributed by atoms with Crippen molar-refractivity contribution in [3.8, 4) is 39.8 Å². The van der Waals surface area contributed by atoms with Crippen molar-refractivity contribution in [2.75, 3.05) is 16.8 Å². The number of para-hydroxylation sites is 7. The maximum absolute atomic E-state index is 10.2. The number of rotatable bonds is 7. The van der Waals surface area contributed by atoms with Gasteiger partial charge in [0.2, 0.25) is 0 Å². The number of benzene rings is 9. The number of hydrogen-bond donors (Lipinski definition) is 0. The summed E-state index contributed by atoms with van der Waals surface area (Å²) in [5.74, 6) is 0.821. The van der Waals surface area contributed by atoms with Crippen LogP contribution < -0.4 is 14.5 Å². The molecule has 4 aromatic heterocycles. The van der Waals surface area contributed by atoms with Crippen molar-refractivity contribution in [3.63, 3.8) is 0 Å². The van der Waals surface area contributed by atoms with Crippen LogP contribution in [0.5, 0.6) is 11.5 Å². The second kappa shape index (κ2) is 16.4. The molecular formula is C62H41N6OPt-3. The van der Waals surface area contributed by atoms with Gasteiger partial charge in [-0.05, 0) is 85.5 Å². The summed E-state index contributed by atoms with van der Waals surface area (Å²) in [4.78, 5) is 9.17. The van der Waals surface area contributed by atoms with E-state index in [0.717, 1.165) is 71.4 Å². The van der Waals surface area contributed by atoms with Crippen LogP contribution in [0.3, 0.4) is 0 Å². The van der Waals surface area contributed by atoms with Gasteiger partial charge >= 0.3 is 0 Å². The Morgan fingerprint density at radius 3 is 1.57 bits per heavy atom. The van der Waals surface area contributed by atoms with Gasteiger partial charge in [0.25, 0.3) is 0 Å². The largest absolute Gasteiger partial charge is 0.509 e. The second-order valence-electron chi connectivity index (χ2n) is 17.4. The van der Waals surface area contributed by atoms with Gasteiger partial charge in [-0.3, -0.25) is 0 Å². The first-order valence-electron chi connectivity index (χ1n) is 25.4. The number of nitrogens with zero attached hydrogens (tertiary/aromatic N) is 6. The van der Waals surface area contributed by atoms with E-state index in [-0.39, 0.29) is 50.2 Å². The van der Waals surface area contributed by atoms with Crippen LogP contribution in [-0.4, -0.2) is 25.7 Å². The Morgan fingerprint density at radius 1 is 0.500 bits per heavy atom. The molecule has 0 aliphatic carbocycles. The molecule has 1 aliphatic heterocycles. The van der Waals surface area contributed by atoms with Crippen molar-refractivity contribution in [1.29, 1.82) is 0 Å². The molecule has 0 fully saturated rings. The van der Waals surface area contributed by atoms with Gasteiger partial charge in [0.1, 0.15) is 5.82 Å². The average Bonchev–Trinajstić information content (AvgIpc) is 4.15. The Kier molecular flexibility index (Phi) is 8.58. The van der Waals surface area contributed by atoms with Crippen LogP contribution >= 0.6 is 0 Å². The van der Waals surface area contributed by atoms with Crippen molar-refractivity contribution in [2.24, 2.45) is 0 Å². The third kappa shape index (κ3) is 6.35. The summed E-state index contributed by atoms with van der Waals surface area (Å²) in [6.45, 7) is -0.887. The quantitative estimate of drug-likeness (QED) is 0.149. The fourth-order valence-corrected chi connectivity index (χ4v) is 10.5. The van der Waals surface area contributed by atoms with Gasteiger partial charge in [-0.2, -0.15) is 18.8 Å². The summed E-state index contributed by atoms with van der Waals surface area (Å²) in [5.41, 5.74) is 9.16. The Morgan fingerprint density at radius 2 is 0.986 bits per heavy atom. The van der Waals surface area contributed by atoms with Gasteiger partial charge in [-0.15, -0.1) is 41.4 Å². The summed E-state index contributed by atoms with van der Waals surface area (Å²) in [5, 5.41) is 5.71. The van der Waals surface area contributed by atoms with Crippen molar-refractivity contribution in [1.82, 2.24) is 18.7 Å². The van der Waals surface area contributed by atoms with Crippen molar-refractivity contribution < 1.29 is 32.7 Å². The van der Waals surface area contributed by atoms with Gasteiger partial charge in [-0.1, -0.05) is 115 Å². The van der Waals surface area contributed by atoms with E-state index in [1.807, 2.05) is 147 Å². The molecule has 0 amide bonds. The van der Waals surface area contributed by atoms with Crippen molar-refractivity contribution >= 4 is 82.5 Å². The summed E-state index contributed by atoms with van der Waals surface area (Å²) >= 11 is 0. The first kappa shape index (κ1) is 36.6. The maximum atomic E-state index is 10.2. The Bertz CT molecular complexity index is 4220. The van der Waals surface area contributed by atoms with Gasteiger partial charge in [0, 0.05) is 92.4 Å². The zero-order chi connectivity index (χ0) is 50.0. The van der Waals surface area contributed by atoms with E-state index >= 15 is 0 Å². The van der Waals surface area contributed by atoms with Crippen LogP contribution in [0.1, 0.15) is 12.4 Å². The van der Waals surface area contributed by atoms with E-state index in [4.69, 9.17) is 9.72 Å². The van der Waals surface area contributed by atoms with E-state index in [2.05, 4.69) is 91.7 Å². The normalized spacial score (nSPS) is 13.7. The summed E-state index contributed by atoms with van der Waals surface area (Å²) in [6, 6.07) is 70.5. The molecule has 1 aliphatic rings. The fraction of sp³-hybridized carbons (Fsp3) is 0.0323. The smallest absolute Gasteiger partial charge is 0.135 e. The monoisotopic (exact) mass is 1090 g/mol. The Balaban J connectivity index is 0.00000541. The Hall–Kier alpha value is -8.38. The van der Waals surface area contributed by atoms with Crippen LogP contribution in [0.25, 0.3) is 93.7 Å². The number of ether oxygens (including phenoxy) is 1. The van der Waals surface area contributed by atoms with E-state index in [9.17, 15) is 6.85 Å². The van der Waals surface area contributed by atoms with Crippen LogP contribution in [0, 0.1) is 25.7 Å². The predicted octanol–water partition coefficient (Wildman–Crippen LogP) is 15.4. The third-order valence-corrected chi connectivity index (χ3v) is 13.5. The molecule has 13 aromatic rings. The van der Waals surface area contributed by atoms with Crippen LogP contribution in [0.4, 0.5) is 17.1 Å². The van der Waals surface area contributed by atoms with Gasteiger partial charge in [0.05, 0.1) is 36.2 Å². The van der Waals surface area contributed by atoms with Crippen LogP contribution in [0.15, 0.2) is 206 Å². The Labute approximate surface area is 425 Å². The summed E-state index contributed by atoms with van der Waals surface area (Å²) < 4.78 is 61.2. The molecule has 0 atom stereocenters. The first-order chi connectivity index (χ1) is 36.1. The molecule has 0 unspecified atom stereocenters. The molecule has 0 saturated carbocycles. The molecule has 8 heteroatoms. The fourth-order valence-electron chi connectivity index (χ4n) is 10.5. The molecule has 9 aromatic carbocycles. The van der Waals surface area contributed by atoms with E-state index in [1.165, 1.54) is 0 Å². The molecule has 0 N–H and O–H groups in total. The topological polar surface area (TPSA) is 43.4 Å². The van der Waals surface area contributed by atoms with Crippen molar-refractivity contribution in [2.45, 2.75) is 6.85 Å². The van der Waals surface area contributed by atoms with Crippen LogP contribution in [-0.2, 0) is 21.1 Å².